The molecule has 0 fully saturated rings. The Kier molecular flexibility index (Phi) is 7.11. The quantitative estimate of drug-likeness (QED) is 0.750. The van der Waals surface area contributed by atoms with Crippen LogP contribution in [0, 0.1) is 0 Å². The van der Waals surface area contributed by atoms with Crippen molar-refractivity contribution in [2.45, 2.75) is 25.3 Å². The van der Waals surface area contributed by atoms with Gasteiger partial charge >= 0.3 is 5.97 Å². The van der Waals surface area contributed by atoms with Crippen molar-refractivity contribution in [2.24, 2.45) is 0 Å². The molecule has 1 atom stereocenters. The van der Waals surface area contributed by atoms with E-state index in [-0.39, 0.29) is 24.3 Å². The van der Waals surface area contributed by atoms with Gasteiger partial charge < -0.3 is 15.3 Å². The van der Waals surface area contributed by atoms with E-state index >= 15 is 0 Å². The molecule has 0 aromatic heterocycles. The maximum absolute atomic E-state index is 12.6. The minimum Gasteiger partial charge on any atom is -0.481 e. The lowest BCUT2D eigenvalue weighted by Gasteiger charge is -2.18. The summed E-state index contributed by atoms with van der Waals surface area (Å²) in [5.74, 6) is -1.32. The minimum atomic E-state index is -0.895. The second-order valence-electron chi connectivity index (χ2n) is 6.57. The van der Waals surface area contributed by atoms with Gasteiger partial charge in [-0.2, -0.15) is 0 Å². The van der Waals surface area contributed by atoms with E-state index < -0.39 is 5.97 Å². The molecule has 2 aromatic rings. The number of aliphatic carboxylic acids is 1. The zero-order valence-corrected chi connectivity index (χ0v) is 15.5. The number of carboxylic acids is 1. The molecule has 6 nitrogen and oxygen atoms in total. The van der Waals surface area contributed by atoms with Gasteiger partial charge in [-0.25, -0.2) is 0 Å². The van der Waals surface area contributed by atoms with Crippen LogP contribution in [0.5, 0.6) is 0 Å². The molecule has 0 heterocycles. The molecule has 0 aliphatic carbocycles. The first-order chi connectivity index (χ1) is 12.9. The van der Waals surface area contributed by atoms with Gasteiger partial charge in [0.05, 0.1) is 0 Å². The van der Waals surface area contributed by atoms with Gasteiger partial charge in [0.2, 0.25) is 0 Å². The summed E-state index contributed by atoms with van der Waals surface area (Å²) in [7, 11) is 3.33. The molecule has 0 saturated carbocycles. The number of amides is 2. The van der Waals surface area contributed by atoms with Crippen molar-refractivity contribution in [3.63, 3.8) is 0 Å². The van der Waals surface area contributed by atoms with Gasteiger partial charge in [-0.15, -0.1) is 0 Å². The van der Waals surface area contributed by atoms with Crippen LogP contribution >= 0.6 is 0 Å². The van der Waals surface area contributed by atoms with Gasteiger partial charge in [0, 0.05) is 37.7 Å². The number of benzene rings is 2. The molecule has 0 spiro atoms. The molecule has 27 heavy (non-hydrogen) atoms. The number of nitrogens with zero attached hydrogens (tertiary/aromatic N) is 1. The summed E-state index contributed by atoms with van der Waals surface area (Å²) in [6, 6.07) is 15.7. The highest BCUT2D eigenvalue weighted by atomic mass is 16.4. The van der Waals surface area contributed by atoms with Crippen LogP contribution in [0.4, 0.5) is 0 Å². The molecule has 2 amide bonds. The van der Waals surface area contributed by atoms with Crippen LogP contribution in [0.2, 0.25) is 0 Å². The molecule has 0 bridgehead atoms. The maximum atomic E-state index is 12.6. The summed E-state index contributed by atoms with van der Waals surface area (Å²) in [6.07, 6.45) is 0.873. The monoisotopic (exact) mass is 368 g/mol. The van der Waals surface area contributed by atoms with Gasteiger partial charge in [0.15, 0.2) is 0 Å². The van der Waals surface area contributed by atoms with E-state index in [1.807, 2.05) is 30.3 Å². The van der Waals surface area contributed by atoms with E-state index in [1.165, 1.54) is 4.90 Å². The Labute approximate surface area is 158 Å². The summed E-state index contributed by atoms with van der Waals surface area (Å²) < 4.78 is 0. The largest absolute Gasteiger partial charge is 0.481 e. The van der Waals surface area contributed by atoms with Crippen molar-refractivity contribution in [2.75, 3.05) is 14.1 Å². The standard InChI is InChI=1S/C21H24N2O4/c1-23(2)21(27)17-10-8-16(9-11-17)20(26)22-18(12-13-19(24)25)14-15-6-4-3-5-7-15/h3-11,18H,12-14H2,1-2H3,(H,22,26)(H,24,25). The fourth-order valence-electron chi connectivity index (χ4n) is 2.71. The number of rotatable bonds is 8. The summed E-state index contributed by atoms with van der Waals surface area (Å²) in [6.45, 7) is 0. The first kappa shape index (κ1) is 20.2. The molecule has 6 heteroatoms. The average molecular weight is 368 g/mol. The van der Waals surface area contributed by atoms with E-state index in [0.29, 0.717) is 24.0 Å². The van der Waals surface area contributed by atoms with Crippen molar-refractivity contribution in [1.29, 1.82) is 0 Å². The number of hydrogen-bond acceptors (Lipinski definition) is 3. The molecular weight excluding hydrogens is 344 g/mol. The SMILES string of the molecule is CN(C)C(=O)c1ccc(C(=O)NC(CCC(=O)O)Cc2ccccc2)cc1. The lowest BCUT2D eigenvalue weighted by atomic mass is 10.0. The van der Waals surface area contributed by atoms with Crippen LogP contribution < -0.4 is 5.32 Å². The molecule has 1 unspecified atom stereocenters. The van der Waals surface area contributed by atoms with Gasteiger partial charge in [-0.05, 0) is 42.7 Å². The van der Waals surface area contributed by atoms with Gasteiger partial charge in [0.1, 0.15) is 0 Å². The van der Waals surface area contributed by atoms with E-state index in [2.05, 4.69) is 5.32 Å². The van der Waals surface area contributed by atoms with Crippen molar-refractivity contribution >= 4 is 17.8 Å². The summed E-state index contributed by atoms with van der Waals surface area (Å²) in [5.41, 5.74) is 1.96. The van der Waals surface area contributed by atoms with E-state index in [4.69, 9.17) is 5.11 Å². The molecule has 0 saturated heterocycles. The first-order valence-corrected chi connectivity index (χ1v) is 8.75. The Morgan fingerprint density at radius 3 is 2.11 bits per heavy atom. The molecule has 2 rings (SSSR count). The normalized spacial score (nSPS) is 11.5. The second kappa shape index (κ2) is 9.52. The van der Waals surface area contributed by atoms with Crippen LogP contribution in [0.1, 0.15) is 39.1 Å². The lowest BCUT2D eigenvalue weighted by Crippen LogP contribution is -2.37. The van der Waals surface area contributed by atoms with Crippen molar-refractivity contribution in [1.82, 2.24) is 10.2 Å². The Morgan fingerprint density at radius 1 is 0.963 bits per heavy atom. The smallest absolute Gasteiger partial charge is 0.303 e. The summed E-state index contributed by atoms with van der Waals surface area (Å²) in [4.78, 5) is 36.9. The molecule has 2 aromatic carbocycles. The number of carbonyl (C=O) groups is 3. The number of carboxylic acid groups (broad SMARTS) is 1. The third-order valence-corrected chi connectivity index (χ3v) is 4.17. The van der Waals surface area contributed by atoms with Crippen LogP contribution in [0.25, 0.3) is 0 Å². The van der Waals surface area contributed by atoms with Crippen molar-refractivity contribution in [3.8, 4) is 0 Å². The topological polar surface area (TPSA) is 86.7 Å². The maximum Gasteiger partial charge on any atom is 0.303 e. The zero-order chi connectivity index (χ0) is 19.8. The molecular formula is C21H24N2O4. The Balaban J connectivity index is 2.07. The Hall–Kier alpha value is -3.15. The van der Waals surface area contributed by atoms with Crippen LogP contribution in [0.3, 0.4) is 0 Å². The predicted molar refractivity (Wildman–Crippen MR) is 103 cm³/mol. The average Bonchev–Trinajstić information content (AvgIpc) is 2.66. The fraction of sp³-hybridized carbons (Fsp3) is 0.286. The number of hydrogen-bond donors (Lipinski definition) is 2. The summed E-state index contributed by atoms with van der Waals surface area (Å²) in [5, 5.41) is 11.9. The van der Waals surface area contributed by atoms with E-state index in [0.717, 1.165) is 5.56 Å². The Morgan fingerprint density at radius 2 is 1.56 bits per heavy atom. The van der Waals surface area contributed by atoms with Crippen LogP contribution in [-0.2, 0) is 11.2 Å². The molecule has 0 aliphatic heterocycles. The lowest BCUT2D eigenvalue weighted by molar-refractivity contribution is -0.137. The highest BCUT2D eigenvalue weighted by Crippen LogP contribution is 2.11. The van der Waals surface area contributed by atoms with Gasteiger partial charge in [0.25, 0.3) is 11.8 Å². The summed E-state index contributed by atoms with van der Waals surface area (Å²) >= 11 is 0. The third-order valence-electron chi connectivity index (χ3n) is 4.17. The number of nitrogens with one attached hydrogen (secondary N) is 1. The fourth-order valence-corrected chi connectivity index (χ4v) is 2.71. The molecule has 0 aliphatic rings. The number of carbonyl (C=O) groups excluding carboxylic acids is 2. The molecule has 142 valence electrons. The van der Waals surface area contributed by atoms with Crippen LogP contribution in [-0.4, -0.2) is 47.9 Å². The third kappa shape index (κ3) is 6.26. The van der Waals surface area contributed by atoms with E-state index in [9.17, 15) is 14.4 Å². The zero-order valence-electron chi connectivity index (χ0n) is 15.5. The highest BCUT2D eigenvalue weighted by Gasteiger charge is 2.16. The first-order valence-electron chi connectivity index (χ1n) is 8.75. The van der Waals surface area contributed by atoms with Crippen molar-refractivity contribution in [3.05, 3.63) is 71.3 Å². The van der Waals surface area contributed by atoms with Gasteiger partial charge in [-0.3, -0.25) is 14.4 Å². The predicted octanol–water partition coefficient (Wildman–Crippen LogP) is 2.59. The van der Waals surface area contributed by atoms with Crippen molar-refractivity contribution < 1.29 is 19.5 Å². The van der Waals surface area contributed by atoms with Crippen LogP contribution in [0.15, 0.2) is 54.6 Å². The second-order valence-corrected chi connectivity index (χ2v) is 6.57. The Bertz CT molecular complexity index is 786. The molecule has 2 N–H and O–H groups in total. The molecule has 0 radical (unpaired) electrons. The highest BCUT2D eigenvalue weighted by molar-refractivity contribution is 5.97. The minimum absolute atomic E-state index is 0.0198. The van der Waals surface area contributed by atoms with E-state index in [1.54, 1.807) is 38.4 Å². The van der Waals surface area contributed by atoms with Gasteiger partial charge in [-0.1, -0.05) is 30.3 Å².